The van der Waals surface area contributed by atoms with E-state index in [1.54, 1.807) is 0 Å². The first kappa shape index (κ1) is 13.3. The second-order valence-corrected chi connectivity index (χ2v) is 5.90. The molecule has 1 saturated carbocycles. The molecule has 0 aromatic heterocycles. The highest BCUT2D eigenvalue weighted by Crippen LogP contribution is 2.23. The maximum atomic E-state index is 9.60. The number of hydrogen-bond donors (Lipinski definition) is 2. The molecule has 1 saturated heterocycles. The van der Waals surface area contributed by atoms with Crippen molar-refractivity contribution in [1.29, 1.82) is 0 Å². The largest absolute Gasteiger partial charge is 0.394 e. The molecular formula is C13H26N2O2. The van der Waals surface area contributed by atoms with Crippen molar-refractivity contribution in [3.8, 4) is 0 Å². The first-order valence-corrected chi connectivity index (χ1v) is 6.79. The quantitative estimate of drug-likeness (QED) is 0.716. The van der Waals surface area contributed by atoms with Crippen molar-refractivity contribution < 1.29 is 9.84 Å². The van der Waals surface area contributed by atoms with E-state index < -0.39 is 0 Å². The lowest BCUT2D eigenvalue weighted by atomic mass is 10.00. The summed E-state index contributed by atoms with van der Waals surface area (Å²) in [7, 11) is 2.17. The van der Waals surface area contributed by atoms with Gasteiger partial charge in [0.1, 0.15) is 0 Å². The highest BCUT2D eigenvalue weighted by Gasteiger charge is 2.34. The number of likely N-dealkylation sites (N-methyl/N-ethyl adjacent to an activating group) is 1. The van der Waals surface area contributed by atoms with Crippen LogP contribution in [0.5, 0.6) is 0 Å². The van der Waals surface area contributed by atoms with Crippen LogP contribution in [0.4, 0.5) is 0 Å². The molecule has 0 spiro atoms. The van der Waals surface area contributed by atoms with Gasteiger partial charge in [0.25, 0.3) is 0 Å². The van der Waals surface area contributed by atoms with Gasteiger partial charge in [-0.05, 0) is 39.7 Å². The van der Waals surface area contributed by atoms with Gasteiger partial charge in [0.15, 0.2) is 0 Å². The molecule has 0 radical (unpaired) electrons. The Balaban J connectivity index is 1.82. The van der Waals surface area contributed by atoms with E-state index in [0.717, 1.165) is 32.6 Å². The number of rotatable bonds is 6. The lowest BCUT2D eigenvalue weighted by Crippen LogP contribution is -2.56. The summed E-state index contributed by atoms with van der Waals surface area (Å²) in [5.74, 6) is 0. The number of nitrogens with zero attached hydrogens (tertiary/aromatic N) is 1. The molecule has 4 nitrogen and oxygen atoms in total. The summed E-state index contributed by atoms with van der Waals surface area (Å²) >= 11 is 0. The van der Waals surface area contributed by atoms with Crippen molar-refractivity contribution in [2.45, 2.75) is 50.2 Å². The molecule has 1 aliphatic heterocycles. The zero-order valence-corrected chi connectivity index (χ0v) is 11.1. The van der Waals surface area contributed by atoms with Crippen LogP contribution in [0.15, 0.2) is 0 Å². The van der Waals surface area contributed by atoms with Gasteiger partial charge in [0.2, 0.25) is 0 Å². The summed E-state index contributed by atoms with van der Waals surface area (Å²) in [5, 5.41) is 13.2. The standard InChI is InChI=1S/C13H26N2O2/c1-13(10-16,14-11-3-4-11)9-15(2)12-5-7-17-8-6-12/h11-12,14,16H,3-10H2,1-2H3. The Morgan fingerprint density at radius 3 is 2.47 bits per heavy atom. The fourth-order valence-electron chi connectivity index (χ4n) is 2.67. The summed E-state index contributed by atoms with van der Waals surface area (Å²) in [6.07, 6.45) is 4.75. The van der Waals surface area contributed by atoms with E-state index >= 15 is 0 Å². The summed E-state index contributed by atoms with van der Waals surface area (Å²) < 4.78 is 5.39. The molecule has 17 heavy (non-hydrogen) atoms. The maximum Gasteiger partial charge on any atom is 0.0623 e. The molecule has 1 heterocycles. The number of ether oxygens (including phenoxy) is 1. The molecule has 0 amide bonds. The van der Waals surface area contributed by atoms with Crippen molar-refractivity contribution in [2.75, 3.05) is 33.4 Å². The molecule has 2 rings (SSSR count). The molecule has 0 aromatic carbocycles. The molecular weight excluding hydrogens is 216 g/mol. The van der Waals surface area contributed by atoms with Gasteiger partial charge in [0, 0.05) is 31.8 Å². The monoisotopic (exact) mass is 242 g/mol. The minimum absolute atomic E-state index is 0.159. The fraction of sp³-hybridized carbons (Fsp3) is 1.00. The minimum Gasteiger partial charge on any atom is -0.394 e. The predicted octanol–water partition coefficient (Wildman–Crippen LogP) is 0.600. The van der Waals surface area contributed by atoms with E-state index in [9.17, 15) is 5.11 Å². The average Bonchev–Trinajstić information content (AvgIpc) is 3.14. The first-order chi connectivity index (χ1) is 8.13. The second-order valence-electron chi connectivity index (χ2n) is 5.90. The highest BCUT2D eigenvalue weighted by molar-refractivity contribution is 4.94. The smallest absolute Gasteiger partial charge is 0.0623 e. The van der Waals surface area contributed by atoms with Gasteiger partial charge in [-0.15, -0.1) is 0 Å². The van der Waals surface area contributed by atoms with E-state index in [2.05, 4.69) is 24.2 Å². The first-order valence-electron chi connectivity index (χ1n) is 6.79. The van der Waals surface area contributed by atoms with E-state index in [1.807, 2.05) is 0 Å². The lowest BCUT2D eigenvalue weighted by molar-refractivity contribution is 0.0276. The van der Waals surface area contributed by atoms with Gasteiger partial charge in [0.05, 0.1) is 12.1 Å². The van der Waals surface area contributed by atoms with Crippen LogP contribution < -0.4 is 5.32 Å². The van der Waals surface area contributed by atoms with Gasteiger partial charge in [-0.1, -0.05) is 0 Å². The van der Waals surface area contributed by atoms with Crippen LogP contribution in [-0.2, 0) is 4.74 Å². The van der Waals surface area contributed by atoms with Gasteiger partial charge in [-0.25, -0.2) is 0 Å². The lowest BCUT2D eigenvalue weighted by Gasteiger charge is -2.38. The molecule has 1 aliphatic carbocycles. The fourth-order valence-corrected chi connectivity index (χ4v) is 2.67. The Morgan fingerprint density at radius 1 is 1.29 bits per heavy atom. The minimum atomic E-state index is -0.159. The number of aliphatic hydroxyl groups is 1. The number of nitrogens with one attached hydrogen (secondary N) is 1. The molecule has 2 fully saturated rings. The Bertz CT molecular complexity index is 240. The van der Waals surface area contributed by atoms with Gasteiger partial charge in [-0.2, -0.15) is 0 Å². The Labute approximate surface area is 104 Å². The molecule has 0 bridgehead atoms. The third-order valence-electron chi connectivity index (χ3n) is 3.89. The molecule has 4 heteroatoms. The molecule has 2 aliphatic rings. The molecule has 1 atom stereocenters. The summed E-state index contributed by atoms with van der Waals surface area (Å²) in [4.78, 5) is 2.38. The number of hydrogen-bond acceptors (Lipinski definition) is 4. The van der Waals surface area contributed by atoms with Crippen LogP contribution in [0, 0.1) is 0 Å². The summed E-state index contributed by atoms with van der Waals surface area (Å²) in [5.41, 5.74) is -0.159. The van der Waals surface area contributed by atoms with Gasteiger partial charge < -0.3 is 20.1 Å². The predicted molar refractivity (Wildman–Crippen MR) is 68.1 cm³/mol. The Kier molecular flexibility index (Phi) is 4.42. The Hall–Kier alpha value is -0.160. The third kappa shape index (κ3) is 3.91. The van der Waals surface area contributed by atoms with Crippen molar-refractivity contribution in [2.24, 2.45) is 0 Å². The van der Waals surface area contributed by atoms with Crippen LogP contribution in [-0.4, -0.2) is 61.0 Å². The Morgan fingerprint density at radius 2 is 1.94 bits per heavy atom. The van der Waals surface area contributed by atoms with E-state index in [1.165, 1.54) is 12.8 Å². The van der Waals surface area contributed by atoms with Crippen molar-refractivity contribution in [1.82, 2.24) is 10.2 Å². The zero-order chi connectivity index (χ0) is 12.3. The van der Waals surface area contributed by atoms with Crippen LogP contribution in [0.1, 0.15) is 32.6 Å². The van der Waals surface area contributed by atoms with Crippen LogP contribution in [0.25, 0.3) is 0 Å². The molecule has 2 N–H and O–H groups in total. The van der Waals surface area contributed by atoms with Gasteiger partial charge >= 0.3 is 0 Å². The number of aliphatic hydroxyl groups excluding tert-OH is 1. The maximum absolute atomic E-state index is 9.60. The van der Waals surface area contributed by atoms with E-state index in [4.69, 9.17) is 4.74 Å². The second kappa shape index (κ2) is 5.65. The van der Waals surface area contributed by atoms with Crippen LogP contribution >= 0.6 is 0 Å². The van der Waals surface area contributed by atoms with Crippen LogP contribution in [0.2, 0.25) is 0 Å². The van der Waals surface area contributed by atoms with E-state index in [-0.39, 0.29) is 12.1 Å². The molecule has 0 aromatic rings. The molecule has 100 valence electrons. The topological polar surface area (TPSA) is 44.7 Å². The van der Waals surface area contributed by atoms with Gasteiger partial charge in [-0.3, -0.25) is 0 Å². The zero-order valence-electron chi connectivity index (χ0n) is 11.1. The summed E-state index contributed by atoms with van der Waals surface area (Å²) in [6, 6.07) is 1.24. The SMILES string of the molecule is CN(CC(C)(CO)NC1CC1)C1CCOCC1. The van der Waals surface area contributed by atoms with E-state index in [0.29, 0.717) is 12.1 Å². The van der Waals surface area contributed by atoms with Crippen molar-refractivity contribution in [3.63, 3.8) is 0 Å². The van der Waals surface area contributed by atoms with Crippen molar-refractivity contribution in [3.05, 3.63) is 0 Å². The average molecular weight is 242 g/mol. The molecule has 1 unspecified atom stereocenters. The normalized spacial score (nSPS) is 26.1. The van der Waals surface area contributed by atoms with Crippen LogP contribution in [0.3, 0.4) is 0 Å². The summed E-state index contributed by atoms with van der Waals surface area (Å²) in [6.45, 7) is 4.99. The third-order valence-corrected chi connectivity index (χ3v) is 3.89. The highest BCUT2D eigenvalue weighted by atomic mass is 16.5. The van der Waals surface area contributed by atoms with Crippen molar-refractivity contribution >= 4 is 0 Å².